The molecular formula is C18H24O5. The monoisotopic (exact) mass is 320 g/mol. The molecule has 0 aromatic heterocycles. The Morgan fingerprint density at radius 1 is 1.00 bits per heavy atom. The fourth-order valence-corrected chi connectivity index (χ4v) is 2.38. The van der Waals surface area contributed by atoms with Gasteiger partial charge in [0.25, 0.3) is 0 Å². The molecule has 0 aliphatic heterocycles. The van der Waals surface area contributed by atoms with Gasteiger partial charge in [-0.15, -0.1) is 0 Å². The topological polar surface area (TPSA) is 83.8 Å². The highest BCUT2D eigenvalue weighted by Crippen LogP contribution is 2.40. The Balaban J connectivity index is 3.54. The van der Waals surface area contributed by atoms with Crippen LogP contribution in [0.15, 0.2) is 30.0 Å². The molecule has 0 saturated heterocycles. The molecule has 2 N–H and O–H groups in total. The van der Waals surface area contributed by atoms with E-state index in [2.05, 4.69) is 20.8 Å². The van der Waals surface area contributed by atoms with Gasteiger partial charge in [0.1, 0.15) is 5.75 Å². The molecule has 1 rings (SSSR count). The van der Waals surface area contributed by atoms with Crippen LogP contribution in [0.25, 0.3) is 0 Å². The Morgan fingerprint density at radius 2 is 1.57 bits per heavy atom. The number of ether oxygens (including phenoxy) is 1. The lowest BCUT2D eigenvalue weighted by atomic mass is 9.75. The Hall–Kier alpha value is -2.30. The molecule has 0 aliphatic carbocycles. The Bertz CT molecular complexity index is 642. The maximum Gasteiger partial charge on any atom is 0.372 e. The summed E-state index contributed by atoms with van der Waals surface area (Å²) >= 11 is 0. The maximum atomic E-state index is 11.2. The molecule has 5 nitrogen and oxygen atoms in total. The van der Waals surface area contributed by atoms with Crippen LogP contribution in [0.4, 0.5) is 0 Å². The minimum absolute atomic E-state index is 0.165. The van der Waals surface area contributed by atoms with E-state index in [-0.39, 0.29) is 10.8 Å². The molecule has 1 aromatic carbocycles. The molecule has 0 heterocycles. The molecule has 0 amide bonds. The lowest BCUT2D eigenvalue weighted by molar-refractivity contribution is -0.137. The number of carbonyl (C=O) groups is 2. The van der Waals surface area contributed by atoms with E-state index in [1.54, 1.807) is 12.1 Å². The van der Waals surface area contributed by atoms with Crippen molar-refractivity contribution < 1.29 is 24.5 Å². The first-order chi connectivity index (χ1) is 10.3. The zero-order valence-electron chi connectivity index (χ0n) is 14.4. The second kappa shape index (κ2) is 6.44. The number of hydrogen-bond acceptors (Lipinski definition) is 3. The van der Waals surface area contributed by atoms with Gasteiger partial charge in [0.15, 0.2) is 0 Å². The van der Waals surface area contributed by atoms with Gasteiger partial charge in [-0.2, -0.15) is 0 Å². The summed E-state index contributed by atoms with van der Waals surface area (Å²) in [5, 5.41) is 18.0. The first-order valence-electron chi connectivity index (χ1n) is 7.34. The Morgan fingerprint density at radius 3 is 1.96 bits per heavy atom. The van der Waals surface area contributed by atoms with Crippen molar-refractivity contribution in [3.8, 4) is 5.75 Å². The highest BCUT2D eigenvalue weighted by atomic mass is 16.5. The summed E-state index contributed by atoms with van der Waals surface area (Å²) in [6.07, 6.45) is 0.554. The van der Waals surface area contributed by atoms with E-state index < -0.39 is 17.7 Å². The molecule has 0 bridgehead atoms. The van der Waals surface area contributed by atoms with Gasteiger partial charge in [0, 0.05) is 5.56 Å². The number of carboxylic acid groups (broad SMARTS) is 2. The van der Waals surface area contributed by atoms with Crippen LogP contribution in [0.1, 0.15) is 52.7 Å². The molecule has 0 fully saturated rings. The van der Waals surface area contributed by atoms with Crippen molar-refractivity contribution in [3.05, 3.63) is 41.2 Å². The number of benzene rings is 1. The van der Waals surface area contributed by atoms with E-state index in [9.17, 15) is 9.59 Å². The number of carboxylic acids is 2. The zero-order valence-corrected chi connectivity index (χ0v) is 14.4. The van der Waals surface area contributed by atoms with Crippen LogP contribution in [-0.4, -0.2) is 22.2 Å². The van der Waals surface area contributed by atoms with Crippen LogP contribution in [0, 0.1) is 0 Å². The largest absolute Gasteiger partial charge is 0.478 e. The third-order valence-corrected chi connectivity index (χ3v) is 3.27. The van der Waals surface area contributed by atoms with Crippen molar-refractivity contribution in [1.29, 1.82) is 0 Å². The predicted octanol–water partition coefficient (Wildman–Crippen LogP) is 3.71. The molecule has 0 radical (unpaired) electrons. The minimum atomic E-state index is -1.42. The highest BCUT2D eigenvalue weighted by molar-refractivity contribution is 5.93. The van der Waals surface area contributed by atoms with E-state index >= 15 is 0 Å². The second-order valence-electron chi connectivity index (χ2n) is 7.43. The molecule has 0 spiro atoms. The lowest BCUT2D eigenvalue weighted by Crippen LogP contribution is -2.23. The van der Waals surface area contributed by atoms with Crippen molar-refractivity contribution in [1.82, 2.24) is 0 Å². The molecule has 0 saturated carbocycles. The predicted molar refractivity (Wildman–Crippen MR) is 87.8 cm³/mol. The van der Waals surface area contributed by atoms with Crippen LogP contribution in [0.2, 0.25) is 0 Å². The van der Waals surface area contributed by atoms with Crippen LogP contribution in [0.5, 0.6) is 5.75 Å². The maximum absolute atomic E-state index is 11.2. The number of rotatable bonds is 4. The number of hydrogen-bond donors (Lipinski definition) is 2. The highest BCUT2D eigenvalue weighted by Gasteiger charge is 2.29. The van der Waals surface area contributed by atoms with Crippen LogP contribution in [0.3, 0.4) is 0 Å². The third-order valence-electron chi connectivity index (χ3n) is 3.27. The third kappa shape index (κ3) is 4.84. The molecule has 0 aliphatic rings. The second-order valence-corrected chi connectivity index (χ2v) is 7.43. The van der Waals surface area contributed by atoms with Gasteiger partial charge < -0.3 is 14.9 Å². The van der Waals surface area contributed by atoms with Gasteiger partial charge in [-0.05, 0) is 22.5 Å². The van der Waals surface area contributed by atoms with Crippen molar-refractivity contribution in [2.75, 3.05) is 0 Å². The molecule has 5 heteroatoms. The quantitative estimate of drug-likeness (QED) is 0.652. The van der Waals surface area contributed by atoms with E-state index in [1.165, 1.54) is 0 Å². The van der Waals surface area contributed by atoms with Gasteiger partial charge in [0.05, 0.1) is 6.08 Å². The summed E-state index contributed by atoms with van der Waals surface area (Å²) in [7, 11) is 0. The summed E-state index contributed by atoms with van der Waals surface area (Å²) in [5.74, 6) is -3.05. The van der Waals surface area contributed by atoms with Gasteiger partial charge in [-0.3, -0.25) is 0 Å². The van der Waals surface area contributed by atoms with Crippen molar-refractivity contribution in [3.63, 3.8) is 0 Å². The fourth-order valence-electron chi connectivity index (χ4n) is 2.38. The fraction of sp³-hybridized carbons (Fsp3) is 0.444. The average Bonchev–Trinajstić information content (AvgIpc) is 2.34. The smallest absolute Gasteiger partial charge is 0.372 e. The van der Waals surface area contributed by atoms with E-state index in [4.69, 9.17) is 14.9 Å². The SMILES string of the molecule is CC(C)(C)c1cccc(O/C(=C\C(=O)O)C(=O)O)c1C(C)(C)C. The summed E-state index contributed by atoms with van der Waals surface area (Å²) in [6.45, 7) is 12.2. The van der Waals surface area contributed by atoms with Gasteiger partial charge in [-0.1, -0.05) is 53.7 Å². The van der Waals surface area contributed by atoms with Crippen molar-refractivity contribution >= 4 is 11.9 Å². The average molecular weight is 320 g/mol. The van der Waals surface area contributed by atoms with E-state index in [0.717, 1.165) is 11.1 Å². The zero-order chi connectivity index (χ0) is 18.0. The molecule has 1 aromatic rings. The molecule has 23 heavy (non-hydrogen) atoms. The standard InChI is InChI=1S/C18H24O5/c1-17(2,3)11-8-7-9-12(15(11)18(4,5)6)23-13(16(21)22)10-14(19)20/h7-10H,1-6H3,(H,19,20)(H,21,22)/b13-10-. The summed E-state index contributed by atoms with van der Waals surface area (Å²) < 4.78 is 5.46. The van der Waals surface area contributed by atoms with E-state index in [1.807, 2.05) is 26.8 Å². The van der Waals surface area contributed by atoms with Crippen LogP contribution >= 0.6 is 0 Å². The molecular weight excluding hydrogens is 296 g/mol. The van der Waals surface area contributed by atoms with Crippen molar-refractivity contribution in [2.45, 2.75) is 52.4 Å². The molecule has 126 valence electrons. The lowest BCUT2D eigenvalue weighted by Gasteiger charge is -2.31. The summed E-state index contributed by atoms with van der Waals surface area (Å²) in [4.78, 5) is 22.0. The van der Waals surface area contributed by atoms with Gasteiger partial charge in [0.2, 0.25) is 5.76 Å². The number of aliphatic carboxylic acids is 2. The normalized spacial score (nSPS) is 12.9. The summed E-state index contributed by atoms with van der Waals surface area (Å²) in [6, 6.07) is 5.43. The van der Waals surface area contributed by atoms with Crippen LogP contribution in [-0.2, 0) is 20.4 Å². The minimum Gasteiger partial charge on any atom is -0.478 e. The first kappa shape index (κ1) is 18.7. The van der Waals surface area contributed by atoms with Gasteiger partial charge >= 0.3 is 11.9 Å². The Kier molecular flexibility index (Phi) is 5.25. The van der Waals surface area contributed by atoms with E-state index in [0.29, 0.717) is 11.8 Å². The molecule has 0 atom stereocenters. The first-order valence-corrected chi connectivity index (χ1v) is 7.34. The van der Waals surface area contributed by atoms with Crippen molar-refractivity contribution in [2.24, 2.45) is 0 Å². The Labute approximate surface area is 136 Å². The molecule has 0 unspecified atom stereocenters. The van der Waals surface area contributed by atoms with Gasteiger partial charge in [-0.25, -0.2) is 9.59 Å². The summed E-state index contributed by atoms with van der Waals surface area (Å²) in [5.41, 5.74) is 1.43. The van der Waals surface area contributed by atoms with Crippen LogP contribution < -0.4 is 4.74 Å².